The number of methoxy groups -OCH3 is 1. The topological polar surface area (TPSA) is 62.1 Å². The van der Waals surface area contributed by atoms with Crippen molar-refractivity contribution < 1.29 is 9.53 Å². The summed E-state index contributed by atoms with van der Waals surface area (Å²) in [5, 5.41) is 12.0. The number of nitriles is 1. The zero-order valence-corrected chi connectivity index (χ0v) is 11.5. The van der Waals surface area contributed by atoms with Crippen LogP contribution in [0.5, 0.6) is 0 Å². The molecule has 1 N–H and O–H groups in total. The van der Waals surface area contributed by atoms with Gasteiger partial charge in [-0.25, -0.2) is 0 Å². The van der Waals surface area contributed by atoms with Crippen LogP contribution in [0.15, 0.2) is 24.3 Å². The van der Waals surface area contributed by atoms with E-state index in [0.29, 0.717) is 0 Å². The molecule has 0 aliphatic rings. The van der Waals surface area contributed by atoms with Gasteiger partial charge in [-0.05, 0) is 0 Å². The molecule has 1 aromatic carbocycles. The molecule has 0 saturated carbocycles. The molecule has 1 aromatic rings. The second-order valence-corrected chi connectivity index (χ2v) is 5.12. The van der Waals surface area contributed by atoms with Crippen LogP contribution in [-0.2, 0) is 9.53 Å². The third-order valence-corrected chi connectivity index (χ3v) is 3.44. The van der Waals surface area contributed by atoms with Crippen LogP contribution >= 0.6 is 0 Å². The summed E-state index contributed by atoms with van der Waals surface area (Å²) < 4.78 is 5.34. The average Bonchev–Trinajstić information content (AvgIpc) is 2.31. The van der Waals surface area contributed by atoms with E-state index in [4.69, 9.17) is 10.00 Å². The second-order valence-electron chi connectivity index (χ2n) is 3.43. The van der Waals surface area contributed by atoms with Crippen LogP contribution in [0, 0.1) is 10.2 Å². The summed E-state index contributed by atoms with van der Waals surface area (Å²) in [6, 6.07) is 7.49. The molecule has 0 bridgehead atoms. The molecule has 0 radical (unpaired) electrons. The first-order chi connectivity index (χ1) is 8.17. The summed E-state index contributed by atoms with van der Waals surface area (Å²) in [6.45, 7) is 1.47. The van der Waals surface area contributed by atoms with Crippen LogP contribution < -0.4 is 5.32 Å². The quantitative estimate of drug-likeness (QED) is 0.845. The summed E-state index contributed by atoms with van der Waals surface area (Å²) in [7, 11) is 1.64. The predicted molar refractivity (Wildman–Crippen MR) is 66.7 cm³/mol. The number of nitrogens with one attached hydrogen (secondary N) is 1. The Kier molecular flexibility index (Phi) is 5.71. The van der Waals surface area contributed by atoms with E-state index < -0.39 is 0 Å². The number of hydrogen-bond acceptors (Lipinski definition) is 3. The molecular weight excluding hydrogens is 283 g/mol. The van der Waals surface area contributed by atoms with E-state index in [1.54, 1.807) is 7.11 Å². The summed E-state index contributed by atoms with van der Waals surface area (Å²) in [5.41, 5.74) is 1.79. The molecule has 1 atom stereocenters. The maximum absolute atomic E-state index is 10.9. The molecule has 0 aromatic heterocycles. The Morgan fingerprint density at radius 1 is 1.53 bits per heavy atom. The number of carbonyl (C=O) groups is 1. The van der Waals surface area contributed by atoms with Crippen molar-refractivity contribution in [2.75, 3.05) is 12.4 Å². The van der Waals surface area contributed by atoms with Gasteiger partial charge >= 0.3 is 107 Å². The minimum atomic E-state index is -0.0890. The Labute approximate surface area is 107 Å². The Hall–Kier alpha value is -1.34. The summed E-state index contributed by atoms with van der Waals surface area (Å²) in [5.74, 6) is -0.0890. The number of hydrogen-bond donors (Lipinski definition) is 1. The van der Waals surface area contributed by atoms with E-state index in [-0.39, 0.29) is 27.0 Å². The van der Waals surface area contributed by atoms with Gasteiger partial charge in [0.05, 0.1) is 0 Å². The molecule has 1 unspecified atom stereocenters. The molecular formula is C12H14N2O2Se. The Morgan fingerprint density at radius 3 is 2.65 bits per heavy atom. The van der Waals surface area contributed by atoms with Crippen LogP contribution in [0.4, 0.5) is 5.69 Å². The molecule has 17 heavy (non-hydrogen) atoms. The Bertz CT molecular complexity index is 412. The van der Waals surface area contributed by atoms with Crippen molar-refractivity contribution in [1.82, 2.24) is 0 Å². The first kappa shape index (κ1) is 13.7. The molecule has 0 aliphatic carbocycles. The molecule has 0 saturated heterocycles. The standard InChI is InChI=1S/C12H14N2O2Se/c1-9(15)14-11-5-3-10(4-6-11)12(16-2)7-17-8-13/h3-6,12H,7H2,1-2H3,(H,14,15). The molecule has 90 valence electrons. The number of benzene rings is 1. The molecule has 1 rings (SSSR count). The molecule has 0 aliphatic heterocycles. The van der Waals surface area contributed by atoms with Crippen molar-refractivity contribution in [3.63, 3.8) is 0 Å². The van der Waals surface area contributed by atoms with Gasteiger partial charge in [0.15, 0.2) is 0 Å². The molecule has 0 spiro atoms. The normalized spacial score (nSPS) is 11.6. The summed E-state index contributed by atoms with van der Waals surface area (Å²) in [4.78, 5) is 13.0. The fraction of sp³-hybridized carbons (Fsp3) is 0.333. The van der Waals surface area contributed by atoms with Crippen molar-refractivity contribution >= 4 is 26.6 Å². The van der Waals surface area contributed by atoms with Crippen LogP contribution in [0.2, 0.25) is 5.32 Å². The van der Waals surface area contributed by atoms with Gasteiger partial charge in [0.2, 0.25) is 0 Å². The third-order valence-electron chi connectivity index (χ3n) is 2.19. The molecule has 0 heterocycles. The van der Waals surface area contributed by atoms with E-state index in [9.17, 15) is 4.79 Å². The first-order valence-electron chi connectivity index (χ1n) is 5.08. The van der Waals surface area contributed by atoms with Gasteiger partial charge in [-0.15, -0.1) is 0 Å². The van der Waals surface area contributed by atoms with E-state index in [1.807, 2.05) is 24.3 Å². The average molecular weight is 297 g/mol. The Morgan fingerprint density at radius 2 is 2.18 bits per heavy atom. The molecule has 5 heteroatoms. The van der Waals surface area contributed by atoms with Gasteiger partial charge in [0, 0.05) is 0 Å². The molecule has 0 fully saturated rings. The van der Waals surface area contributed by atoms with E-state index in [0.717, 1.165) is 16.6 Å². The van der Waals surface area contributed by atoms with Gasteiger partial charge in [0.25, 0.3) is 0 Å². The van der Waals surface area contributed by atoms with E-state index in [2.05, 4.69) is 10.3 Å². The number of carbonyl (C=O) groups excluding carboxylic acids is 1. The van der Waals surface area contributed by atoms with Crippen molar-refractivity contribution in [3.8, 4) is 4.97 Å². The second kappa shape index (κ2) is 7.08. The number of rotatable bonds is 5. The van der Waals surface area contributed by atoms with Crippen LogP contribution in [-0.4, -0.2) is 28.0 Å². The van der Waals surface area contributed by atoms with E-state index in [1.165, 1.54) is 6.92 Å². The van der Waals surface area contributed by atoms with Gasteiger partial charge < -0.3 is 0 Å². The maximum atomic E-state index is 10.9. The van der Waals surface area contributed by atoms with Gasteiger partial charge in [-0.3, -0.25) is 0 Å². The zero-order valence-electron chi connectivity index (χ0n) is 9.77. The number of anilines is 1. The fourth-order valence-electron chi connectivity index (χ4n) is 1.40. The number of amides is 1. The van der Waals surface area contributed by atoms with Crippen molar-refractivity contribution in [2.45, 2.75) is 18.3 Å². The third kappa shape index (κ3) is 4.58. The van der Waals surface area contributed by atoms with Crippen molar-refractivity contribution in [2.24, 2.45) is 0 Å². The number of ether oxygens (including phenoxy) is 1. The molecule has 4 nitrogen and oxygen atoms in total. The monoisotopic (exact) mass is 298 g/mol. The SMILES string of the molecule is COC(C[Se]C#N)c1ccc(NC(C)=O)cc1. The molecule has 1 amide bonds. The van der Waals surface area contributed by atoms with Gasteiger partial charge in [-0.2, -0.15) is 0 Å². The van der Waals surface area contributed by atoms with Gasteiger partial charge in [-0.1, -0.05) is 0 Å². The minimum absolute atomic E-state index is 0.0407. The van der Waals surface area contributed by atoms with E-state index >= 15 is 0 Å². The van der Waals surface area contributed by atoms with Gasteiger partial charge in [0.1, 0.15) is 0 Å². The Balaban J connectivity index is 2.71. The zero-order chi connectivity index (χ0) is 12.7. The first-order valence-corrected chi connectivity index (χ1v) is 7.15. The van der Waals surface area contributed by atoms with Crippen LogP contribution in [0.3, 0.4) is 0 Å². The summed E-state index contributed by atoms with van der Waals surface area (Å²) >= 11 is -0.0585. The van der Waals surface area contributed by atoms with Crippen molar-refractivity contribution in [3.05, 3.63) is 29.8 Å². The van der Waals surface area contributed by atoms with Crippen molar-refractivity contribution in [1.29, 1.82) is 5.26 Å². The predicted octanol–water partition coefficient (Wildman–Crippen LogP) is 1.94. The fourth-order valence-corrected chi connectivity index (χ4v) is 2.56. The number of nitrogens with zero attached hydrogens (tertiary/aromatic N) is 1. The van der Waals surface area contributed by atoms with Crippen LogP contribution in [0.25, 0.3) is 0 Å². The van der Waals surface area contributed by atoms with Crippen LogP contribution in [0.1, 0.15) is 18.6 Å². The summed E-state index contributed by atoms with van der Waals surface area (Å²) in [6.07, 6.45) is -0.0407.